The summed E-state index contributed by atoms with van der Waals surface area (Å²) in [4.78, 5) is 7.08. The highest BCUT2D eigenvalue weighted by Gasteiger charge is 2.13. The lowest BCUT2D eigenvalue weighted by Crippen LogP contribution is -2.37. The van der Waals surface area contributed by atoms with Crippen molar-refractivity contribution in [3.05, 3.63) is 46.8 Å². The Morgan fingerprint density at radius 1 is 1.03 bits per heavy atom. The van der Waals surface area contributed by atoms with Gasteiger partial charge in [-0.1, -0.05) is 45.0 Å². The topological polar surface area (TPSA) is 74.9 Å². The molecule has 0 unspecified atom stereocenters. The monoisotopic (exact) mass is 557 g/mol. The lowest BCUT2D eigenvalue weighted by Gasteiger charge is -2.18. The predicted molar refractivity (Wildman–Crippen MR) is 142 cm³/mol. The number of aliphatic imine (C=N–C) groups is 1. The smallest absolute Gasteiger partial charge is 0.191 e. The fourth-order valence-electron chi connectivity index (χ4n) is 3.35. The molecule has 0 spiro atoms. The zero-order chi connectivity index (χ0) is 22.5. The van der Waals surface area contributed by atoms with Crippen molar-refractivity contribution in [2.75, 3.05) is 32.8 Å². The van der Waals surface area contributed by atoms with Gasteiger partial charge in [0.05, 0.1) is 12.2 Å². The van der Waals surface area contributed by atoms with Gasteiger partial charge in [-0.25, -0.2) is 4.99 Å². The second kappa shape index (κ2) is 15.9. The maximum atomic E-state index is 5.87. The summed E-state index contributed by atoms with van der Waals surface area (Å²) in [6.45, 7) is 16.4. The summed E-state index contributed by atoms with van der Waals surface area (Å²) < 4.78 is 11.3. The quantitative estimate of drug-likeness (QED) is 0.216. The van der Waals surface area contributed by atoms with E-state index in [1.807, 2.05) is 12.1 Å². The molecule has 32 heavy (non-hydrogen) atoms. The van der Waals surface area contributed by atoms with Crippen LogP contribution in [0.2, 0.25) is 0 Å². The highest BCUT2D eigenvalue weighted by atomic mass is 127. The SMILES string of the molecule is CCNC(=NCc1ccc(OCCN(CC)CC)cc1)NCc1c(CC)noc1CC.I. The van der Waals surface area contributed by atoms with Crippen LogP contribution in [0, 0.1) is 0 Å². The minimum atomic E-state index is 0. The first-order valence-corrected chi connectivity index (χ1v) is 11.6. The van der Waals surface area contributed by atoms with Gasteiger partial charge in [0.1, 0.15) is 18.1 Å². The Labute approximate surface area is 210 Å². The third-order valence-corrected chi connectivity index (χ3v) is 5.30. The molecule has 8 heteroatoms. The zero-order valence-corrected chi connectivity index (χ0v) is 22.6. The van der Waals surface area contributed by atoms with Crippen LogP contribution in [0.25, 0.3) is 0 Å². The highest BCUT2D eigenvalue weighted by molar-refractivity contribution is 14.0. The van der Waals surface area contributed by atoms with Crippen molar-refractivity contribution in [3.8, 4) is 5.75 Å². The van der Waals surface area contributed by atoms with E-state index in [0.717, 1.165) is 73.3 Å². The summed E-state index contributed by atoms with van der Waals surface area (Å²) in [5, 5.41) is 10.9. The molecule has 0 aliphatic rings. The first kappa shape index (κ1) is 28.2. The fraction of sp³-hybridized carbons (Fsp3) is 0.583. The number of halogens is 1. The average molecular weight is 558 g/mol. The van der Waals surface area contributed by atoms with E-state index in [2.05, 4.69) is 67.4 Å². The van der Waals surface area contributed by atoms with Gasteiger partial charge in [0, 0.05) is 31.6 Å². The summed E-state index contributed by atoms with van der Waals surface area (Å²) in [5.74, 6) is 2.63. The summed E-state index contributed by atoms with van der Waals surface area (Å²) >= 11 is 0. The standard InChI is InChI=1S/C24H39N5O2.HI/c1-6-22-21(23(7-2)31-28-22)18-27-24(25-8-3)26-17-19-11-13-20(14-12-19)30-16-15-29(9-4)10-5;/h11-14H,6-10,15-18H2,1-5H3,(H2,25,26,27);1H. The molecule has 1 aromatic heterocycles. The maximum Gasteiger partial charge on any atom is 0.191 e. The Hall–Kier alpha value is -1.81. The van der Waals surface area contributed by atoms with Crippen molar-refractivity contribution < 1.29 is 9.26 Å². The molecule has 0 fully saturated rings. The van der Waals surface area contributed by atoms with Crippen LogP contribution in [-0.4, -0.2) is 48.8 Å². The van der Waals surface area contributed by atoms with Crippen molar-refractivity contribution in [3.63, 3.8) is 0 Å². The second-order valence-electron chi connectivity index (χ2n) is 7.31. The number of benzene rings is 1. The number of aromatic nitrogens is 1. The van der Waals surface area contributed by atoms with Crippen LogP contribution in [0.5, 0.6) is 5.75 Å². The van der Waals surface area contributed by atoms with Crippen LogP contribution in [-0.2, 0) is 25.9 Å². The minimum absolute atomic E-state index is 0. The van der Waals surface area contributed by atoms with Gasteiger partial charge in [-0.15, -0.1) is 24.0 Å². The van der Waals surface area contributed by atoms with Crippen molar-refractivity contribution in [1.82, 2.24) is 20.7 Å². The van der Waals surface area contributed by atoms with Crippen LogP contribution in [0.1, 0.15) is 57.2 Å². The Bertz CT molecular complexity index is 767. The van der Waals surface area contributed by atoms with E-state index >= 15 is 0 Å². The number of guanidine groups is 1. The summed E-state index contributed by atoms with van der Waals surface area (Å²) in [6.07, 6.45) is 1.69. The molecule has 0 radical (unpaired) electrons. The van der Waals surface area contributed by atoms with Gasteiger partial charge in [0.2, 0.25) is 0 Å². The molecular formula is C24H40IN5O2. The van der Waals surface area contributed by atoms with E-state index in [1.54, 1.807) is 0 Å². The third-order valence-electron chi connectivity index (χ3n) is 5.30. The van der Waals surface area contributed by atoms with Gasteiger partial charge in [-0.2, -0.15) is 0 Å². The number of hydrogen-bond acceptors (Lipinski definition) is 5. The summed E-state index contributed by atoms with van der Waals surface area (Å²) in [6, 6.07) is 8.19. The molecular weight excluding hydrogens is 517 g/mol. The summed E-state index contributed by atoms with van der Waals surface area (Å²) in [7, 11) is 0. The Kier molecular flexibility index (Phi) is 14.0. The highest BCUT2D eigenvalue weighted by Crippen LogP contribution is 2.16. The minimum Gasteiger partial charge on any atom is -0.492 e. The van der Waals surface area contributed by atoms with Crippen LogP contribution >= 0.6 is 24.0 Å². The zero-order valence-electron chi connectivity index (χ0n) is 20.2. The van der Waals surface area contributed by atoms with Gasteiger partial charge >= 0.3 is 0 Å². The van der Waals surface area contributed by atoms with Gasteiger partial charge in [-0.3, -0.25) is 0 Å². The molecule has 0 amide bonds. The molecule has 0 saturated heterocycles. The molecule has 2 N–H and O–H groups in total. The number of ether oxygens (including phenoxy) is 1. The molecule has 0 atom stereocenters. The molecule has 0 aliphatic carbocycles. The largest absolute Gasteiger partial charge is 0.492 e. The lowest BCUT2D eigenvalue weighted by atomic mass is 10.1. The van der Waals surface area contributed by atoms with Gasteiger partial charge < -0.3 is 24.8 Å². The number of hydrogen-bond donors (Lipinski definition) is 2. The van der Waals surface area contributed by atoms with E-state index in [4.69, 9.17) is 14.3 Å². The fourth-order valence-corrected chi connectivity index (χ4v) is 3.35. The van der Waals surface area contributed by atoms with E-state index in [-0.39, 0.29) is 24.0 Å². The van der Waals surface area contributed by atoms with Crippen LogP contribution in [0.15, 0.2) is 33.8 Å². The van der Waals surface area contributed by atoms with E-state index in [9.17, 15) is 0 Å². The molecule has 1 heterocycles. The number of nitrogens with zero attached hydrogens (tertiary/aromatic N) is 3. The lowest BCUT2D eigenvalue weighted by molar-refractivity contribution is 0.223. The summed E-state index contributed by atoms with van der Waals surface area (Å²) in [5.41, 5.74) is 3.29. The Balaban J connectivity index is 0.00000512. The van der Waals surface area contributed by atoms with Crippen LogP contribution in [0.3, 0.4) is 0 Å². The average Bonchev–Trinajstić information content (AvgIpc) is 3.21. The second-order valence-corrected chi connectivity index (χ2v) is 7.31. The molecule has 2 aromatic rings. The molecule has 1 aromatic carbocycles. The number of likely N-dealkylation sites (N-methyl/N-ethyl adjacent to an activating group) is 1. The number of rotatable bonds is 13. The maximum absolute atomic E-state index is 5.87. The van der Waals surface area contributed by atoms with Gasteiger partial charge in [0.15, 0.2) is 5.96 Å². The van der Waals surface area contributed by atoms with Crippen molar-refractivity contribution in [1.29, 1.82) is 0 Å². The molecule has 0 aliphatic heterocycles. The molecule has 0 bridgehead atoms. The first-order valence-electron chi connectivity index (χ1n) is 11.6. The number of aryl methyl sites for hydroxylation is 2. The van der Waals surface area contributed by atoms with Crippen LogP contribution < -0.4 is 15.4 Å². The van der Waals surface area contributed by atoms with E-state index in [0.29, 0.717) is 19.7 Å². The molecule has 0 saturated carbocycles. The Morgan fingerprint density at radius 3 is 2.34 bits per heavy atom. The van der Waals surface area contributed by atoms with Crippen molar-refractivity contribution in [2.24, 2.45) is 4.99 Å². The van der Waals surface area contributed by atoms with Crippen molar-refractivity contribution in [2.45, 2.75) is 60.5 Å². The van der Waals surface area contributed by atoms with Gasteiger partial charge in [-0.05, 0) is 44.1 Å². The molecule has 180 valence electrons. The normalized spacial score (nSPS) is 11.4. The Morgan fingerprint density at radius 2 is 1.75 bits per heavy atom. The van der Waals surface area contributed by atoms with E-state index in [1.165, 1.54) is 0 Å². The number of nitrogens with one attached hydrogen (secondary N) is 2. The predicted octanol–water partition coefficient (Wildman–Crippen LogP) is 4.39. The van der Waals surface area contributed by atoms with Crippen LogP contribution in [0.4, 0.5) is 0 Å². The molecule has 7 nitrogen and oxygen atoms in total. The van der Waals surface area contributed by atoms with E-state index < -0.39 is 0 Å². The third kappa shape index (κ3) is 8.97. The first-order chi connectivity index (χ1) is 15.1. The molecule has 2 rings (SSSR count). The van der Waals surface area contributed by atoms with Crippen molar-refractivity contribution >= 4 is 29.9 Å². The van der Waals surface area contributed by atoms with Gasteiger partial charge in [0.25, 0.3) is 0 Å².